The fourth-order valence-electron chi connectivity index (χ4n) is 2.45. The van der Waals surface area contributed by atoms with Gasteiger partial charge in [-0.2, -0.15) is 5.26 Å². The van der Waals surface area contributed by atoms with Gasteiger partial charge in [0.05, 0.1) is 23.8 Å². The summed E-state index contributed by atoms with van der Waals surface area (Å²) in [6.07, 6.45) is 1.73. The van der Waals surface area contributed by atoms with Gasteiger partial charge in [-0.3, -0.25) is 4.57 Å². The summed E-state index contributed by atoms with van der Waals surface area (Å²) in [5.41, 5.74) is 1.00. The third kappa shape index (κ3) is 4.54. The van der Waals surface area contributed by atoms with Gasteiger partial charge in [0.1, 0.15) is 11.6 Å². The molecule has 0 radical (unpaired) electrons. The van der Waals surface area contributed by atoms with Gasteiger partial charge < -0.3 is 4.74 Å². The van der Waals surface area contributed by atoms with E-state index in [9.17, 15) is 4.39 Å². The van der Waals surface area contributed by atoms with E-state index in [1.807, 2.05) is 4.57 Å². The second kappa shape index (κ2) is 9.01. The number of benzene rings is 2. The lowest BCUT2D eigenvalue weighted by Gasteiger charge is -2.09. The molecule has 0 aliphatic rings. The maximum atomic E-state index is 14.1. The molecule has 3 aromatic rings. The van der Waals surface area contributed by atoms with Crippen LogP contribution in [0.1, 0.15) is 5.56 Å². The largest absolute Gasteiger partial charge is 0.493 e. The third-order valence-electron chi connectivity index (χ3n) is 3.71. The van der Waals surface area contributed by atoms with Crippen LogP contribution >= 0.6 is 11.8 Å². The molecule has 1 aromatic heterocycles. The second-order valence-electron chi connectivity index (χ2n) is 5.52. The van der Waals surface area contributed by atoms with Crippen molar-refractivity contribution >= 4 is 11.8 Å². The van der Waals surface area contributed by atoms with E-state index in [2.05, 4.69) is 22.8 Å². The lowest BCUT2D eigenvalue weighted by Crippen LogP contribution is -2.04. The zero-order valence-electron chi connectivity index (χ0n) is 14.5. The maximum Gasteiger partial charge on any atom is 0.191 e. The number of nitrogens with zero attached hydrogens (tertiary/aromatic N) is 4. The van der Waals surface area contributed by atoms with Crippen LogP contribution in [0.5, 0.6) is 5.75 Å². The van der Waals surface area contributed by atoms with E-state index < -0.39 is 0 Å². The van der Waals surface area contributed by atoms with Crippen molar-refractivity contribution in [1.82, 2.24) is 14.8 Å². The van der Waals surface area contributed by atoms with Gasteiger partial charge in [-0.1, -0.05) is 30.0 Å². The van der Waals surface area contributed by atoms with Crippen LogP contribution in [0, 0.1) is 17.1 Å². The SMILES string of the molecule is C=CCn1c(SCCOc2ccc(C#N)cc2)nnc1-c1ccccc1F. The molecule has 0 spiro atoms. The van der Waals surface area contributed by atoms with Gasteiger partial charge in [0.2, 0.25) is 0 Å². The van der Waals surface area contributed by atoms with Gasteiger partial charge in [-0.15, -0.1) is 16.8 Å². The molecular formula is C20H17FN4OS. The van der Waals surface area contributed by atoms with Crippen LogP contribution in [0.4, 0.5) is 4.39 Å². The summed E-state index contributed by atoms with van der Waals surface area (Å²) in [6, 6.07) is 15.5. The lowest BCUT2D eigenvalue weighted by atomic mass is 10.2. The first-order valence-electron chi connectivity index (χ1n) is 8.27. The van der Waals surface area contributed by atoms with Gasteiger partial charge in [0.25, 0.3) is 0 Å². The molecule has 5 nitrogen and oxygen atoms in total. The zero-order valence-corrected chi connectivity index (χ0v) is 15.3. The highest BCUT2D eigenvalue weighted by Gasteiger charge is 2.16. The predicted molar refractivity (Wildman–Crippen MR) is 103 cm³/mol. The van der Waals surface area contributed by atoms with Gasteiger partial charge in [-0.25, -0.2) is 4.39 Å². The minimum atomic E-state index is -0.337. The van der Waals surface area contributed by atoms with Gasteiger partial charge in [0, 0.05) is 12.3 Å². The first-order chi connectivity index (χ1) is 13.2. The number of ether oxygens (including phenoxy) is 1. The molecule has 0 amide bonds. The third-order valence-corrected chi connectivity index (χ3v) is 4.64. The Morgan fingerprint density at radius 2 is 1.96 bits per heavy atom. The summed E-state index contributed by atoms with van der Waals surface area (Å²) in [7, 11) is 0. The summed E-state index contributed by atoms with van der Waals surface area (Å²) < 4.78 is 21.6. The fourth-order valence-corrected chi connectivity index (χ4v) is 3.21. The number of halogens is 1. The highest BCUT2D eigenvalue weighted by Crippen LogP contribution is 2.26. The lowest BCUT2D eigenvalue weighted by molar-refractivity contribution is 0.344. The van der Waals surface area contributed by atoms with Crippen molar-refractivity contribution < 1.29 is 9.13 Å². The average molecular weight is 380 g/mol. The molecule has 3 rings (SSSR count). The van der Waals surface area contributed by atoms with Crippen LogP contribution in [-0.2, 0) is 6.54 Å². The molecule has 0 atom stereocenters. The van der Waals surface area contributed by atoms with E-state index >= 15 is 0 Å². The van der Waals surface area contributed by atoms with E-state index in [-0.39, 0.29) is 5.82 Å². The summed E-state index contributed by atoms with van der Waals surface area (Å²) in [6.45, 7) is 4.70. The predicted octanol–water partition coefficient (Wildman–Crippen LogP) is 4.31. The molecule has 0 aliphatic heterocycles. The number of nitriles is 1. The van der Waals surface area contributed by atoms with Crippen LogP contribution in [0.2, 0.25) is 0 Å². The summed E-state index contributed by atoms with van der Waals surface area (Å²) >= 11 is 1.48. The Bertz CT molecular complexity index is 963. The van der Waals surface area contributed by atoms with Crippen LogP contribution < -0.4 is 4.74 Å². The van der Waals surface area contributed by atoms with E-state index in [0.717, 1.165) is 0 Å². The fraction of sp³-hybridized carbons (Fsp3) is 0.150. The van der Waals surface area contributed by atoms with Crippen molar-refractivity contribution in [2.45, 2.75) is 11.7 Å². The number of rotatable bonds is 8. The van der Waals surface area contributed by atoms with Crippen molar-refractivity contribution in [2.24, 2.45) is 0 Å². The summed E-state index contributed by atoms with van der Waals surface area (Å²) in [4.78, 5) is 0. The Hall–Kier alpha value is -3.11. The minimum Gasteiger partial charge on any atom is -0.493 e. The van der Waals surface area contributed by atoms with Crippen LogP contribution in [-0.4, -0.2) is 27.1 Å². The van der Waals surface area contributed by atoms with E-state index in [1.165, 1.54) is 17.8 Å². The number of hydrogen-bond acceptors (Lipinski definition) is 5. The van der Waals surface area contributed by atoms with Crippen LogP contribution in [0.3, 0.4) is 0 Å². The average Bonchev–Trinajstić information content (AvgIpc) is 3.09. The molecule has 0 saturated heterocycles. The normalized spacial score (nSPS) is 10.4. The zero-order chi connectivity index (χ0) is 19.1. The van der Waals surface area contributed by atoms with E-state index in [0.29, 0.717) is 46.8 Å². The highest BCUT2D eigenvalue weighted by atomic mass is 32.2. The van der Waals surface area contributed by atoms with Gasteiger partial charge >= 0.3 is 0 Å². The van der Waals surface area contributed by atoms with Crippen LogP contribution in [0.25, 0.3) is 11.4 Å². The van der Waals surface area contributed by atoms with Gasteiger partial charge in [0.15, 0.2) is 11.0 Å². The van der Waals surface area contributed by atoms with Crippen molar-refractivity contribution in [3.05, 3.63) is 72.6 Å². The molecule has 136 valence electrons. The van der Waals surface area contributed by atoms with Gasteiger partial charge in [-0.05, 0) is 36.4 Å². The quantitative estimate of drug-likeness (QED) is 0.331. The second-order valence-corrected chi connectivity index (χ2v) is 6.58. The standard InChI is InChI=1S/C20H17FN4OS/c1-2-11-25-19(17-5-3-4-6-18(17)21)23-24-20(25)27-13-12-26-16-9-7-15(14-22)8-10-16/h2-10H,1,11-13H2. The highest BCUT2D eigenvalue weighted by molar-refractivity contribution is 7.99. The molecule has 0 aliphatic carbocycles. The molecular weight excluding hydrogens is 363 g/mol. The molecule has 0 fully saturated rings. The Balaban J connectivity index is 1.65. The maximum absolute atomic E-state index is 14.1. The Morgan fingerprint density at radius 1 is 1.19 bits per heavy atom. The minimum absolute atomic E-state index is 0.337. The Morgan fingerprint density at radius 3 is 2.67 bits per heavy atom. The monoisotopic (exact) mass is 380 g/mol. The van der Waals surface area contributed by atoms with Crippen molar-refractivity contribution in [3.8, 4) is 23.2 Å². The smallest absolute Gasteiger partial charge is 0.191 e. The number of hydrogen-bond donors (Lipinski definition) is 0. The summed E-state index contributed by atoms with van der Waals surface area (Å²) in [5.74, 6) is 1.49. The van der Waals surface area contributed by atoms with E-state index in [1.54, 1.807) is 48.5 Å². The van der Waals surface area contributed by atoms with Crippen molar-refractivity contribution in [3.63, 3.8) is 0 Å². The van der Waals surface area contributed by atoms with Crippen molar-refractivity contribution in [2.75, 3.05) is 12.4 Å². The molecule has 27 heavy (non-hydrogen) atoms. The van der Waals surface area contributed by atoms with Crippen molar-refractivity contribution in [1.29, 1.82) is 5.26 Å². The molecule has 2 aromatic carbocycles. The molecule has 0 bridgehead atoms. The molecule has 0 saturated carbocycles. The molecule has 7 heteroatoms. The summed E-state index contributed by atoms with van der Waals surface area (Å²) in [5, 5.41) is 17.8. The molecule has 0 N–H and O–H groups in total. The van der Waals surface area contributed by atoms with Crippen LogP contribution in [0.15, 0.2) is 66.3 Å². The topological polar surface area (TPSA) is 63.7 Å². The first-order valence-corrected chi connectivity index (χ1v) is 9.26. The molecule has 0 unspecified atom stereocenters. The Labute approximate surface area is 161 Å². The number of allylic oxidation sites excluding steroid dienone is 1. The Kier molecular flexibility index (Phi) is 6.23. The number of thioether (sulfide) groups is 1. The first kappa shape index (κ1) is 18.7. The molecule has 1 heterocycles. The van der Waals surface area contributed by atoms with E-state index in [4.69, 9.17) is 10.00 Å². The number of aromatic nitrogens is 3.